The van der Waals surface area contributed by atoms with E-state index in [-0.39, 0.29) is 5.56 Å². The zero-order valence-electron chi connectivity index (χ0n) is 14.4. The Morgan fingerprint density at radius 3 is 2.54 bits per heavy atom. The van der Waals surface area contributed by atoms with Crippen molar-refractivity contribution in [2.75, 3.05) is 13.1 Å². The standard InChI is InChI=1S/C21H21FN2O2/c22-18-7-3-1-6-16(18)20(21(25)26)24-11-9-14(10-12-24)17-13-23-19-8-4-2-5-15(17)19/h1-8,13-14,20,23H,9-12H2,(H,25,26)/t20-/m1/s1. The number of rotatable bonds is 4. The number of para-hydroxylation sites is 1. The lowest BCUT2D eigenvalue weighted by Crippen LogP contribution is -2.40. The largest absolute Gasteiger partial charge is 0.480 e. The number of nitrogens with zero attached hydrogens (tertiary/aromatic N) is 1. The van der Waals surface area contributed by atoms with Crippen LogP contribution >= 0.6 is 0 Å². The normalized spacial score (nSPS) is 17.4. The van der Waals surface area contributed by atoms with Gasteiger partial charge < -0.3 is 10.1 Å². The molecular formula is C21H21FN2O2. The Bertz CT molecular complexity index is 928. The van der Waals surface area contributed by atoms with Crippen LogP contribution in [0.4, 0.5) is 4.39 Å². The van der Waals surface area contributed by atoms with E-state index in [9.17, 15) is 14.3 Å². The Balaban J connectivity index is 1.54. The predicted octanol–water partition coefficient (Wildman–Crippen LogP) is 4.31. The molecule has 1 fully saturated rings. The molecule has 26 heavy (non-hydrogen) atoms. The van der Waals surface area contributed by atoms with Gasteiger partial charge in [-0.05, 0) is 49.5 Å². The number of carboxylic acids is 1. The first-order valence-corrected chi connectivity index (χ1v) is 8.92. The van der Waals surface area contributed by atoms with Gasteiger partial charge in [-0.3, -0.25) is 9.69 Å². The second-order valence-electron chi connectivity index (χ2n) is 6.86. The minimum Gasteiger partial charge on any atom is -0.480 e. The van der Waals surface area contributed by atoms with Crippen molar-refractivity contribution >= 4 is 16.9 Å². The number of benzene rings is 2. The number of hydrogen-bond donors (Lipinski definition) is 2. The number of aromatic amines is 1. The average molecular weight is 352 g/mol. The third-order valence-corrected chi connectivity index (χ3v) is 5.39. The molecule has 0 saturated carbocycles. The van der Waals surface area contributed by atoms with E-state index in [4.69, 9.17) is 0 Å². The van der Waals surface area contributed by atoms with Gasteiger partial charge in [0.25, 0.3) is 0 Å². The highest BCUT2D eigenvalue weighted by atomic mass is 19.1. The van der Waals surface area contributed by atoms with Gasteiger partial charge in [-0.15, -0.1) is 0 Å². The van der Waals surface area contributed by atoms with E-state index in [1.165, 1.54) is 17.0 Å². The predicted molar refractivity (Wildman–Crippen MR) is 98.6 cm³/mol. The Hall–Kier alpha value is -2.66. The maximum atomic E-state index is 14.1. The second kappa shape index (κ2) is 6.92. The van der Waals surface area contributed by atoms with Gasteiger partial charge in [0.1, 0.15) is 11.9 Å². The molecule has 1 atom stereocenters. The molecular weight excluding hydrogens is 331 g/mol. The number of fused-ring (bicyclic) bond motifs is 1. The van der Waals surface area contributed by atoms with Crippen LogP contribution in [0, 0.1) is 5.82 Å². The Labute approximate surface area is 151 Å². The van der Waals surface area contributed by atoms with Crippen LogP contribution in [-0.2, 0) is 4.79 Å². The van der Waals surface area contributed by atoms with Crippen molar-refractivity contribution in [3.8, 4) is 0 Å². The number of aliphatic carboxylic acids is 1. The van der Waals surface area contributed by atoms with Crippen molar-refractivity contribution in [2.24, 2.45) is 0 Å². The summed E-state index contributed by atoms with van der Waals surface area (Å²) in [5.41, 5.74) is 2.66. The Morgan fingerprint density at radius 2 is 1.81 bits per heavy atom. The summed E-state index contributed by atoms with van der Waals surface area (Å²) < 4.78 is 14.1. The molecule has 4 rings (SSSR count). The van der Waals surface area contributed by atoms with Crippen molar-refractivity contribution in [1.82, 2.24) is 9.88 Å². The van der Waals surface area contributed by atoms with Gasteiger partial charge in [-0.2, -0.15) is 0 Å². The minimum atomic E-state index is -0.999. The van der Waals surface area contributed by atoms with Crippen LogP contribution in [0.2, 0.25) is 0 Å². The fourth-order valence-electron chi connectivity index (χ4n) is 4.08. The molecule has 2 aromatic carbocycles. The number of piperidine rings is 1. The van der Waals surface area contributed by atoms with E-state index >= 15 is 0 Å². The van der Waals surface area contributed by atoms with Gasteiger partial charge in [-0.25, -0.2) is 4.39 Å². The van der Waals surface area contributed by atoms with E-state index in [1.807, 2.05) is 17.0 Å². The fraction of sp³-hybridized carbons (Fsp3) is 0.286. The molecule has 2 N–H and O–H groups in total. The van der Waals surface area contributed by atoms with Crippen molar-refractivity contribution in [3.05, 3.63) is 71.7 Å². The zero-order valence-corrected chi connectivity index (χ0v) is 14.4. The van der Waals surface area contributed by atoms with Crippen LogP contribution in [0.15, 0.2) is 54.7 Å². The minimum absolute atomic E-state index is 0.241. The second-order valence-corrected chi connectivity index (χ2v) is 6.86. The lowest BCUT2D eigenvalue weighted by Gasteiger charge is -2.36. The van der Waals surface area contributed by atoms with Crippen LogP contribution in [0.5, 0.6) is 0 Å². The number of carbonyl (C=O) groups is 1. The Kier molecular flexibility index (Phi) is 4.47. The number of nitrogens with one attached hydrogen (secondary N) is 1. The maximum Gasteiger partial charge on any atom is 0.325 e. The lowest BCUT2D eigenvalue weighted by molar-refractivity contribution is -0.144. The van der Waals surface area contributed by atoms with Crippen LogP contribution < -0.4 is 0 Å². The smallest absolute Gasteiger partial charge is 0.325 e. The van der Waals surface area contributed by atoms with E-state index < -0.39 is 17.8 Å². The SMILES string of the molecule is O=C(O)[C@@H](c1ccccc1F)N1CCC(c2c[nH]c3ccccc23)CC1. The van der Waals surface area contributed by atoms with Crippen molar-refractivity contribution in [2.45, 2.75) is 24.8 Å². The molecule has 1 aromatic heterocycles. The van der Waals surface area contributed by atoms with Gasteiger partial charge in [0.2, 0.25) is 0 Å². The van der Waals surface area contributed by atoms with Gasteiger partial charge in [0, 0.05) is 22.7 Å². The number of H-pyrrole nitrogens is 1. The number of halogens is 1. The van der Waals surface area contributed by atoms with Gasteiger partial charge in [0.15, 0.2) is 0 Å². The molecule has 3 aromatic rings. The monoisotopic (exact) mass is 352 g/mol. The molecule has 1 aliphatic heterocycles. The summed E-state index contributed by atoms with van der Waals surface area (Å²) in [7, 11) is 0. The first-order valence-electron chi connectivity index (χ1n) is 8.92. The Morgan fingerprint density at radius 1 is 1.12 bits per heavy atom. The van der Waals surface area contributed by atoms with Crippen LogP contribution in [0.1, 0.15) is 35.9 Å². The summed E-state index contributed by atoms with van der Waals surface area (Å²) in [4.78, 5) is 17.0. The molecule has 134 valence electrons. The van der Waals surface area contributed by atoms with Crippen molar-refractivity contribution < 1.29 is 14.3 Å². The molecule has 0 bridgehead atoms. The summed E-state index contributed by atoms with van der Waals surface area (Å²) in [5.74, 6) is -1.07. The quantitative estimate of drug-likeness (QED) is 0.735. The van der Waals surface area contributed by atoms with Crippen LogP contribution in [-0.4, -0.2) is 34.0 Å². The zero-order chi connectivity index (χ0) is 18.1. The first-order chi connectivity index (χ1) is 12.6. The molecule has 2 heterocycles. The highest BCUT2D eigenvalue weighted by Crippen LogP contribution is 2.36. The van der Waals surface area contributed by atoms with E-state index in [2.05, 4.69) is 23.3 Å². The number of aromatic nitrogens is 1. The van der Waals surface area contributed by atoms with E-state index in [1.54, 1.807) is 18.2 Å². The molecule has 0 aliphatic carbocycles. The van der Waals surface area contributed by atoms with E-state index in [0.29, 0.717) is 19.0 Å². The van der Waals surface area contributed by atoms with Gasteiger partial charge >= 0.3 is 5.97 Å². The van der Waals surface area contributed by atoms with E-state index in [0.717, 1.165) is 18.4 Å². The number of carboxylic acid groups (broad SMARTS) is 1. The molecule has 0 unspecified atom stereocenters. The third kappa shape index (κ3) is 2.99. The summed E-state index contributed by atoms with van der Waals surface area (Å²) in [5, 5.41) is 10.9. The van der Waals surface area contributed by atoms with Crippen LogP contribution in [0.25, 0.3) is 10.9 Å². The summed E-state index contributed by atoms with van der Waals surface area (Å²) in [6.07, 6.45) is 3.79. The first kappa shape index (κ1) is 16.8. The number of hydrogen-bond acceptors (Lipinski definition) is 2. The molecule has 0 amide bonds. The third-order valence-electron chi connectivity index (χ3n) is 5.39. The summed E-state index contributed by atoms with van der Waals surface area (Å²) in [6, 6.07) is 13.5. The maximum absolute atomic E-state index is 14.1. The number of likely N-dealkylation sites (tertiary alicyclic amines) is 1. The van der Waals surface area contributed by atoms with Gasteiger partial charge in [0.05, 0.1) is 0 Å². The van der Waals surface area contributed by atoms with Gasteiger partial charge in [-0.1, -0.05) is 36.4 Å². The van der Waals surface area contributed by atoms with Crippen LogP contribution in [0.3, 0.4) is 0 Å². The molecule has 5 heteroatoms. The topological polar surface area (TPSA) is 56.3 Å². The molecule has 4 nitrogen and oxygen atoms in total. The highest BCUT2D eigenvalue weighted by molar-refractivity contribution is 5.83. The summed E-state index contributed by atoms with van der Waals surface area (Å²) in [6.45, 7) is 1.27. The molecule has 1 saturated heterocycles. The van der Waals surface area contributed by atoms with Crippen molar-refractivity contribution in [3.63, 3.8) is 0 Å². The molecule has 0 spiro atoms. The fourth-order valence-corrected chi connectivity index (χ4v) is 4.08. The average Bonchev–Trinajstić information content (AvgIpc) is 3.08. The molecule has 1 aliphatic rings. The summed E-state index contributed by atoms with van der Waals surface area (Å²) >= 11 is 0. The van der Waals surface area contributed by atoms with Crippen molar-refractivity contribution in [1.29, 1.82) is 0 Å². The highest BCUT2D eigenvalue weighted by Gasteiger charge is 2.33. The molecule has 0 radical (unpaired) electrons. The lowest BCUT2D eigenvalue weighted by atomic mass is 9.88.